The molecule has 1 atom stereocenters. The van der Waals surface area contributed by atoms with E-state index in [-0.39, 0.29) is 16.5 Å². The smallest absolute Gasteiger partial charge is 0.301 e. The average Bonchev–Trinajstić information content (AvgIpc) is 3.56. The molecule has 1 saturated heterocycles. The van der Waals surface area contributed by atoms with Crippen molar-refractivity contribution in [3.63, 3.8) is 0 Å². The quantitative estimate of drug-likeness (QED) is 0.189. The summed E-state index contributed by atoms with van der Waals surface area (Å²) in [4.78, 5) is 32.8. The van der Waals surface area contributed by atoms with E-state index in [2.05, 4.69) is 29.0 Å². The highest BCUT2D eigenvalue weighted by Gasteiger charge is 2.49. The van der Waals surface area contributed by atoms with Gasteiger partial charge in [0.1, 0.15) is 16.3 Å². The number of Topliss-reactive ketones (excluding diaryl/α,β-unsaturated/α-hetero) is 1. The van der Waals surface area contributed by atoms with Crippen LogP contribution in [0.2, 0.25) is 0 Å². The third-order valence-electron chi connectivity index (χ3n) is 6.55. The van der Waals surface area contributed by atoms with E-state index in [1.807, 2.05) is 6.07 Å². The van der Waals surface area contributed by atoms with Gasteiger partial charge in [0.05, 0.1) is 31.0 Å². The highest BCUT2D eigenvalue weighted by Crippen LogP contribution is 2.45. The highest BCUT2D eigenvalue weighted by atomic mass is 32.1. The molecule has 11 heteroatoms. The molecule has 5 rings (SSSR count). The molecule has 1 aliphatic heterocycles. The van der Waals surface area contributed by atoms with Crippen LogP contribution in [0.3, 0.4) is 0 Å². The maximum absolute atomic E-state index is 13.6. The highest BCUT2D eigenvalue weighted by molar-refractivity contribution is 7.15. The molecule has 0 radical (unpaired) electrons. The molecular weight excluding hydrogens is 518 g/mol. The van der Waals surface area contributed by atoms with Crippen LogP contribution in [-0.2, 0) is 9.59 Å². The first kappa shape index (κ1) is 26.4. The molecule has 1 fully saturated rings. The summed E-state index contributed by atoms with van der Waals surface area (Å²) in [7, 11) is 1.53. The molecule has 0 aliphatic carbocycles. The van der Waals surface area contributed by atoms with E-state index < -0.39 is 17.7 Å². The second-order valence-electron chi connectivity index (χ2n) is 9.69. The van der Waals surface area contributed by atoms with Crippen LogP contribution in [0.5, 0.6) is 11.5 Å². The largest absolute Gasteiger partial charge is 0.505 e. The number of methoxy groups -OCH3 is 1. The molecule has 39 heavy (non-hydrogen) atoms. The summed E-state index contributed by atoms with van der Waals surface area (Å²) >= 11 is 1.19. The standard InChI is InChI=1S/C28H29N5O5S/c1-15(2)11-13-38-19-10-9-18(14-20(19)37-5)24-22(26(35)27(36)33(24)28-31-30-17(4)39-28)25(34)23-16(3)29-21-8-6-7-12-32(21)23/h6-10,12,14-15,24,34H,11,13H2,1-5H3/b25-22+. The molecule has 4 heterocycles. The molecule has 1 amide bonds. The fraction of sp³-hybridized carbons (Fsp3) is 0.321. The van der Waals surface area contributed by atoms with Crippen molar-refractivity contribution in [1.82, 2.24) is 19.6 Å². The van der Waals surface area contributed by atoms with Crippen molar-refractivity contribution in [2.45, 2.75) is 40.2 Å². The lowest BCUT2D eigenvalue weighted by atomic mass is 9.96. The Bertz CT molecular complexity index is 1600. The zero-order valence-corrected chi connectivity index (χ0v) is 23.2. The van der Waals surface area contributed by atoms with Gasteiger partial charge < -0.3 is 14.6 Å². The summed E-state index contributed by atoms with van der Waals surface area (Å²) in [5, 5.41) is 20.7. The fourth-order valence-electron chi connectivity index (χ4n) is 4.63. The predicted octanol–water partition coefficient (Wildman–Crippen LogP) is 4.86. The van der Waals surface area contributed by atoms with Crippen molar-refractivity contribution in [2.24, 2.45) is 5.92 Å². The minimum atomic E-state index is -0.982. The molecule has 1 unspecified atom stereocenters. The molecule has 4 aromatic rings. The van der Waals surface area contributed by atoms with Crippen LogP contribution < -0.4 is 14.4 Å². The summed E-state index contributed by atoms with van der Waals surface area (Å²) in [6, 6.07) is 9.68. The lowest BCUT2D eigenvalue weighted by Crippen LogP contribution is -2.29. The summed E-state index contributed by atoms with van der Waals surface area (Å²) < 4.78 is 13.3. The number of fused-ring (bicyclic) bond motifs is 1. The summed E-state index contributed by atoms with van der Waals surface area (Å²) in [5.41, 5.74) is 1.93. The van der Waals surface area contributed by atoms with Gasteiger partial charge in [-0.2, -0.15) is 0 Å². The Morgan fingerprint density at radius 1 is 1.13 bits per heavy atom. The topological polar surface area (TPSA) is 119 Å². The average molecular weight is 548 g/mol. The first-order chi connectivity index (χ1) is 18.7. The molecule has 202 valence electrons. The molecule has 3 aromatic heterocycles. The number of aromatic nitrogens is 4. The number of imidazole rings is 1. The summed E-state index contributed by atoms with van der Waals surface area (Å²) in [6.07, 6.45) is 2.62. The number of hydrogen-bond donors (Lipinski definition) is 1. The lowest BCUT2D eigenvalue weighted by molar-refractivity contribution is -0.132. The monoisotopic (exact) mass is 547 g/mol. The van der Waals surface area contributed by atoms with Gasteiger partial charge in [-0.25, -0.2) is 4.98 Å². The Hall–Kier alpha value is -4.25. The van der Waals surface area contributed by atoms with Crippen LogP contribution in [-0.4, -0.2) is 50.1 Å². The van der Waals surface area contributed by atoms with E-state index in [0.29, 0.717) is 51.6 Å². The van der Waals surface area contributed by atoms with Crippen LogP contribution in [0.4, 0.5) is 5.13 Å². The number of ketones is 1. The van der Waals surface area contributed by atoms with Gasteiger partial charge in [-0.1, -0.05) is 37.3 Å². The van der Waals surface area contributed by atoms with E-state index in [1.54, 1.807) is 54.8 Å². The molecule has 10 nitrogen and oxygen atoms in total. The molecule has 1 aliphatic rings. The van der Waals surface area contributed by atoms with Gasteiger partial charge in [-0.15, -0.1) is 10.2 Å². The second-order valence-corrected chi connectivity index (χ2v) is 10.8. The Labute approximate surface area is 229 Å². The Morgan fingerprint density at radius 2 is 1.92 bits per heavy atom. The van der Waals surface area contributed by atoms with Crippen LogP contribution in [0.15, 0.2) is 48.2 Å². The van der Waals surface area contributed by atoms with Gasteiger partial charge in [0, 0.05) is 6.20 Å². The number of pyridine rings is 1. The number of aliphatic hydroxyl groups is 1. The third-order valence-corrected chi connectivity index (χ3v) is 7.39. The van der Waals surface area contributed by atoms with E-state index in [4.69, 9.17) is 9.47 Å². The third kappa shape index (κ3) is 4.74. The predicted molar refractivity (Wildman–Crippen MR) is 147 cm³/mol. The molecule has 0 bridgehead atoms. The fourth-order valence-corrected chi connectivity index (χ4v) is 5.35. The van der Waals surface area contributed by atoms with E-state index in [9.17, 15) is 14.7 Å². The number of amides is 1. The Balaban J connectivity index is 1.69. The first-order valence-electron chi connectivity index (χ1n) is 12.6. The molecule has 0 saturated carbocycles. The number of ether oxygens (including phenoxy) is 2. The Kier molecular flexibility index (Phi) is 7.09. The van der Waals surface area contributed by atoms with Gasteiger partial charge in [-0.3, -0.25) is 18.9 Å². The zero-order valence-electron chi connectivity index (χ0n) is 22.3. The number of carbonyl (C=O) groups excluding carboxylic acids is 2. The molecular formula is C28H29N5O5S. The lowest BCUT2D eigenvalue weighted by Gasteiger charge is -2.23. The van der Waals surface area contributed by atoms with Gasteiger partial charge in [0.25, 0.3) is 5.78 Å². The van der Waals surface area contributed by atoms with Gasteiger partial charge in [-0.05, 0) is 56.0 Å². The van der Waals surface area contributed by atoms with Crippen LogP contribution in [0.25, 0.3) is 11.4 Å². The number of benzene rings is 1. The van der Waals surface area contributed by atoms with Crippen molar-refractivity contribution in [3.8, 4) is 11.5 Å². The van der Waals surface area contributed by atoms with Gasteiger partial charge >= 0.3 is 5.91 Å². The van der Waals surface area contributed by atoms with Crippen LogP contribution in [0.1, 0.15) is 48.3 Å². The zero-order chi connectivity index (χ0) is 27.8. The SMILES string of the molecule is COc1cc(C2/C(=C(\O)c3c(C)nc4ccccn34)C(=O)C(=O)N2c2nnc(C)s2)ccc1OCCC(C)C. The summed E-state index contributed by atoms with van der Waals surface area (Å²) in [6.45, 7) is 8.26. The van der Waals surface area contributed by atoms with Crippen molar-refractivity contribution < 1.29 is 24.2 Å². The van der Waals surface area contributed by atoms with E-state index in [0.717, 1.165) is 6.42 Å². The van der Waals surface area contributed by atoms with Crippen LogP contribution >= 0.6 is 11.3 Å². The normalized spacial score (nSPS) is 17.0. The van der Waals surface area contributed by atoms with Crippen molar-refractivity contribution >= 4 is 39.6 Å². The van der Waals surface area contributed by atoms with Gasteiger partial charge in [0.15, 0.2) is 17.3 Å². The molecule has 0 spiro atoms. The minimum absolute atomic E-state index is 0.0721. The van der Waals surface area contributed by atoms with Crippen molar-refractivity contribution in [2.75, 3.05) is 18.6 Å². The summed E-state index contributed by atoms with van der Waals surface area (Å²) in [5.74, 6) is -0.486. The maximum Gasteiger partial charge on any atom is 0.301 e. The van der Waals surface area contributed by atoms with Crippen molar-refractivity contribution in [3.05, 3.63) is 70.1 Å². The Morgan fingerprint density at radius 3 is 2.62 bits per heavy atom. The maximum atomic E-state index is 13.6. The number of hydrogen-bond acceptors (Lipinski definition) is 9. The van der Waals surface area contributed by atoms with Crippen molar-refractivity contribution in [1.29, 1.82) is 0 Å². The molecule has 1 N–H and O–H groups in total. The number of aryl methyl sites for hydroxylation is 2. The number of rotatable bonds is 8. The van der Waals surface area contributed by atoms with Crippen LogP contribution in [0, 0.1) is 19.8 Å². The van der Waals surface area contributed by atoms with Gasteiger partial charge in [0.2, 0.25) is 5.13 Å². The number of nitrogens with zero attached hydrogens (tertiary/aromatic N) is 5. The minimum Gasteiger partial charge on any atom is -0.505 e. The second kappa shape index (κ2) is 10.5. The first-order valence-corrected chi connectivity index (χ1v) is 13.4. The van der Waals surface area contributed by atoms with E-state index in [1.165, 1.54) is 23.3 Å². The number of carbonyl (C=O) groups is 2. The number of anilines is 1. The molecule has 1 aromatic carbocycles. The number of aliphatic hydroxyl groups excluding tert-OH is 1. The van der Waals surface area contributed by atoms with E-state index >= 15 is 0 Å².